The summed E-state index contributed by atoms with van der Waals surface area (Å²) in [5.74, 6) is 0.340. The summed E-state index contributed by atoms with van der Waals surface area (Å²) in [5.41, 5.74) is 2.23. The lowest BCUT2D eigenvalue weighted by Crippen LogP contribution is -2.05. The number of fused-ring (bicyclic) bond motifs is 1. The molecule has 0 spiro atoms. The van der Waals surface area contributed by atoms with Crippen molar-refractivity contribution in [3.63, 3.8) is 0 Å². The van der Waals surface area contributed by atoms with Crippen LogP contribution in [0.4, 0.5) is 0 Å². The van der Waals surface area contributed by atoms with Crippen molar-refractivity contribution in [3.05, 3.63) is 35.4 Å². The van der Waals surface area contributed by atoms with Gasteiger partial charge in [-0.1, -0.05) is 43.5 Å². The smallest absolute Gasteiger partial charge is 0.163 e. The fraction of sp³-hybridized carbons (Fsp3) is 0.500. The Morgan fingerprint density at radius 3 is 2.33 bits per heavy atom. The van der Waals surface area contributed by atoms with E-state index in [1.165, 1.54) is 31.2 Å². The standard InChI is InChI=1S/C14H18O/c15-14-11-5-3-1-2-4-8-12-9-6-7-10-13(12)14/h6-7,9-10H,1-5,8,11H2. The molecule has 0 heterocycles. The molecule has 1 aromatic rings. The van der Waals surface area contributed by atoms with Crippen LogP contribution in [0.2, 0.25) is 0 Å². The van der Waals surface area contributed by atoms with E-state index < -0.39 is 0 Å². The van der Waals surface area contributed by atoms with Crippen molar-refractivity contribution >= 4 is 5.78 Å². The molecule has 0 radical (unpaired) electrons. The maximum atomic E-state index is 11.9. The monoisotopic (exact) mass is 202 g/mol. The van der Waals surface area contributed by atoms with Crippen molar-refractivity contribution in [2.24, 2.45) is 0 Å². The zero-order chi connectivity index (χ0) is 10.5. The molecule has 15 heavy (non-hydrogen) atoms. The van der Waals surface area contributed by atoms with Crippen LogP contribution >= 0.6 is 0 Å². The Balaban J connectivity index is 2.23. The number of rotatable bonds is 0. The van der Waals surface area contributed by atoms with Crippen molar-refractivity contribution in [2.75, 3.05) is 0 Å². The molecule has 2 rings (SSSR count). The molecule has 80 valence electrons. The van der Waals surface area contributed by atoms with Gasteiger partial charge in [0, 0.05) is 12.0 Å². The highest BCUT2D eigenvalue weighted by molar-refractivity contribution is 5.97. The lowest BCUT2D eigenvalue weighted by Gasteiger charge is -2.11. The van der Waals surface area contributed by atoms with Crippen LogP contribution < -0.4 is 0 Å². The number of hydrogen-bond donors (Lipinski definition) is 0. The highest BCUT2D eigenvalue weighted by Gasteiger charge is 2.11. The molecular formula is C14H18O. The SMILES string of the molecule is O=C1CCCCCCCc2ccccc21. The second kappa shape index (κ2) is 5.11. The summed E-state index contributed by atoms with van der Waals surface area (Å²) in [6.07, 6.45) is 7.91. The highest BCUT2D eigenvalue weighted by Crippen LogP contribution is 2.19. The topological polar surface area (TPSA) is 17.1 Å². The molecule has 0 fully saturated rings. The van der Waals surface area contributed by atoms with E-state index in [4.69, 9.17) is 0 Å². The lowest BCUT2D eigenvalue weighted by molar-refractivity contribution is 0.0977. The molecule has 1 nitrogen and oxygen atoms in total. The highest BCUT2D eigenvalue weighted by atomic mass is 16.1. The van der Waals surface area contributed by atoms with Crippen LogP contribution in [-0.2, 0) is 6.42 Å². The van der Waals surface area contributed by atoms with Gasteiger partial charge in [0.1, 0.15) is 0 Å². The lowest BCUT2D eigenvalue weighted by atomic mass is 9.94. The number of carbonyl (C=O) groups is 1. The van der Waals surface area contributed by atoms with Gasteiger partial charge >= 0.3 is 0 Å². The fourth-order valence-electron chi connectivity index (χ4n) is 2.28. The van der Waals surface area contributed by atoms with E-state index in [-0.39, 0.29) is 0 Å². The van der Waals surface area contributed by atoms with Gasteiger partial charge in [-0.05, 0) is 24.8 Å². The normalized spacial score (nSPS) is 18.3. The molecule has 1 aromatic carbocycles. The first-order valence-electron chi connectivity index (χ1n) is 5.99. The zero-order valence-corrected chi connectivity index (χ0v) is 9.17. The maximum Gasteiger partial charge on any atom is 0.163 e. The largest absolute Gasteiger partial charge is 0.294 e. The van der Waals surface area contributed by atoms with Crippen LogP contribution in [0.5, 0.6) is 0 Å². The number of ketones is 1. The zero-order valence-electron chi connectivity index (χ0n) is 9.17. The Morgan fingerprint density at radius 2 is 1.47 bits per heavy atom. The summed E-state index contributed by atoms with van der Waals surface area (Å²) in [7, 11) is 0. The average Bonchev–Trinajstić information content (AvgIpc) is 2.28. The molecule has 0 aromatic heterocycles. The third-order valence-corrected chi connectivity index (χ3v) is 3.17. The van der Waals surface area contributed by atoms with Crippen molar-refractivity contribution in [2.45, 2.75) is 44.9 Å². The van der Waals surface area contributed by atoms with E-state index >= 15 is 0 Å². The molecule has 0 unspecified atom stereocenters. The third-order valence-electron chi connectivity index (χ3n) is 3.17. The molecule has 1 aliphatic carbocycles. The third kappa shape index (κ3) is 2.68. The van der Waals surface area contributed by atoms with E-state index in [1.54, 1.807) is 0 Å². The molecule has 0 aliphatic heterocycles. The predicted octanol–water partition coefficient (Wildman–Crippen LogP) is 3.77. The van der Waals surface area contributed by atoms with Crippen LogP contribution in [0.25, 0.3) is 0 Å². The van der Waals surface area contributed by atoms with E-state index in [0.29, 0.717) is 5.78 Å². The Kier molecular flexibility index (Phi) is 3.54. The van der Waals surface area contributed by atoms with Crippen LogP contribution in [0.15, 0.2) is 24.3 Å². The molecule has 0 atom stereocenters. The van der Waals surface area contributed by atoms with Crippen LogP contribution in [-0.4, -0.2) is 5.78 Å². The molecule has 1 heteroatoms. The Morgan fingerprint density at radius 1 is 0.800 bits per heavy atom. The summed E-state index contributed by atoms with van der Waals surface area (Å²) in [6.45, 7) is 0. The van der Waals surface area contributed by atoms with Crippen LogP contribution in [0.1, 0.15) is 54.4 Å². The summed E-state index contributed by atoms with van der Waals surface area (Å²) >= 11 is 0. The van der Waals surface area contributed by atoms with Gasteiger partial charge in [0.25, 0.3) is 0 Å². The summed E-state index contributed by atoms with van der Waals surface area (Å²) < 4.78 is 0. The maximum absolute atomic E-state index is 11.9. The summed E-state index contributed by atoms with van der Waals surface area (Å²) in [4.78, 5) is 11.9. The van der Waals surface area contributed by atoms with Gasteiger partial charge in [-0.25, -0.2) is 0 Å². The molecule has 0 saturated carbocycles. The van der Waals surface area contributed by atoms with Gasteiger partial charge in [0.05, 0.1) is 0 Å². The second-order valence-corrected chi connectivity index (χ2v) is 4.35. The van der Waals surface area contributed by atoms with E-state index in [0.717, 1.165) is 24.8 Å². The molecule has 1 aliphatic rings. The van der Waals surface area contributed by atoms with Gasteiger partial charge in [-0.3, -0.25) is 4.79 Å². The Labute approximate surface area is 91.5 Å². The molecular weight excluding hydrogens is 184 g/mol. The fourth-order valence-corrected chi connectivity index (χ4v) is 2.28. The van der Waals surface area contributed by atoms with Crippen molar-refractivity contribution in [1.82, 2.24) is 0 Å². The van der Waals surface area contributed by atoms with E-state index in [1.807, 2.05) is 18.2 Å². The first-order chi connectivity index (χ1) is 7.38. The summed E-state index contributed by atoms with van der Waals surface area (Å²) in [6, 6.07) is 8.11. The first-order valence-corrected chi connectivity index (χ1v) is 5.99. The minimum atomic E-state index is 0.340. The van der Waals surface area contributed by atoms with Gasteiger partial charge < -0.3 is 0 Å². The number of aryl methyl sites for hydroxylation is 1. The second-order valence-electron chi connectivity index (χ2n) is 4.35. The minimum absolute atomic E-state index is 0.340. The molecule has 0 bridgehead atoms. The van der Waals surface area contributed by atoms with Gasteiger partial charge in [0.2, 0.25) is 0 Å². The average molecular weight is 202 g/mol. The number of benzene rings is 1. The summed E-state index contributed by atoms with van der Waals surface area (Å²) in [5, 5.41) is 0. The first kappa shape index (κ1) is 10.4. The van der Waals surface area contributed by atoms with Gasteiger partial charge in [-0.15, -0.1) is 0 Å². The number of Topliss-reactive ketones (excluding diaryl/α,β-unsaturated/α-hetero) is 1. The molecule has 0 saturated heterocycles. The van der Waals surface area contributed by atoms with E-state index in [9.17, 15) is 4.79 Å². The molecule has 0 amide bonds. The Hall–Kier alpha value is -1.11. The van der Waals surface area contributed by atoms with Crippen molar-refractivity contribution in [3.8, 4) is 0 Å². The van der Waals surface area contributed by atoms with Crippen LogP contribution in [0, 0.1) is 0 Å². The van der Waals surface area contributed by atoms with E-state index in [2.05, 4.69) is 6.07 Å². The van der Waals surface area contributed by atoms with Crippen molar-refractivity contribution < 1.29 is 4.79 Å². The molecule has 0 N–H and O–H groups in total. The quantitative estimate of drug-likeness (QED) is 0.626. The number of carbonyl (C=O) groups excluding carboxylic acids is 1. The van der Waals surface area contributed by atoms with Gasteiger partial charge in [0.15, 0.2) is 5.78 Å². The van der Waals surface area contributed by atoms with Gasteiger partial charge in [-0.2, -0.15) is 0 Å². The predicted molar refractivity (Wildman–Crippen MR) is 62.2 cm³/mol. The minimum Gasteiger partial charge on any atom is -0.294 e. The van der Waals surface area contributed by atoms with Crippen LogP contribution in [0.3, 0.4) is 0 Å². The number of hydrogen-bond acceptors (Lipinski definition) is 1. The van der Waals surface area contributed by atoms with Crippen molar-refractivity contribution in [1.29, 1.82) is 0 Å². The Bertz CT molecular complexity index is 341.